The van der Waals surface area contributed by atoms with Gasteiger partial charge in [-0.2, -0.15) is 0 Å². The van der Waals surface area contributed by atoms with E-state index >= 15 is 0 Å². The van der Waals surface area contributed by atoms with E-state index in [9.17, 15) is 9.59 Å². The average molecular weight is 434 g/mol. The van der Waals surface area contributed by atoms with Gasteiger partial charge in [0.2, 0.25) is 5.91 Å². The lowest BCUT2D eigenvalue weighted by Gasteiger charge is -2.24. The maximum absolute atomic E-state index is 12.9. The molecule has 0 saturated carbocycles. The molecule has 29 heavy (non-hydrogen) atoms. The zero-order valence-corrected chi connectivity index (χ0v) is 18.1. The van der Waals surface area contributed by atoms with Crippen LogP contribution in [0.4, 0.5) is 5.69 Å². The molecule has 5 nitrogen and oxygen atoms in total. The van der Waals surface area contributed by atoms with E-state index in [4.69, 9.17) is 23.2 Å². The fraction of sp³-hybridized carbons (Fsp3) is 0.364. The first-order valence-electron chi connectivity index (χ1n) is 9.65. The smallest absolute Gasteiger partial charge is 0.254 e. The molecule has 0 spiro atoms. The van der Waals surface area contributed by atoms with Crippen molar-refractivity contribution >= 4 is 40.7 Å². The van der Waals surface area contributed by atoms with Crippen molar-refractivity contribution in [2.75, 3.05) is 32.5 Å². The molecule has 2 aromatic rings. The topological polar surface area (TPSA) is 52.7 Å². The van der Waals surface area contributed by atoms with Crippen LogP contribution in [0.1, 0.15) is 28.8 Å². The largest absolute Gasteiger partial charge is 0.327 e. The number of carbonyl (C=O) groups excluding carboxylic acids is 2. The summed E-state index contributed by atoms with van der Waals surface area (Å²) in [6.07, 6.45) is 2.36. The number of rotatable bonds is 6. The van der Waals surface area contributed by atoms with Crippen molar-refractivity contribution in [2.24, 2.45) is 0 Å². The summed E-state index contributed by atoms with van der Waals surface area (Å²) < 4.78 is 0. The molecule has 0 aromatic heterocycles. The number of carbonyl (C=O) groups is 2. The molecule has 7 heteroatoms. The van der Waals surface area contributed by atoms with E-state index in [1.54, 1.807) is 23.1 Å². The minimum absolute atomic E-state index is 0.176. The van der Waals surface area contributed by atoms with Gasteiger partial charge in [-0.05, 0) is 69.3 Å². The molecule has 0 bridgehead atoms. The zero-order valence-electron chi connectivity index (χ0n) is 16.6. The number of hydrogen-bond acceptors (Lipinski definition) is 3. The Bertz CT molecular complexity index is 864. The Labute approximate surface area is 181 Å². The quantitative estimate of drug-likeness (QED) is 0.736. The lowest BCUT2D eigenvalue weighted by Crippen LogP contribution is -2.43. The third-order valence-electron chi connectivity index (χ3n) is 4.99. The lowest BCUT2D eigenvalue weighted by atomic mass is 10.1. The lowest BCUT2D eigenvalue weighted by molar-refractivity contribution is -0.119. The summed E-state index contributed by atoms with van der Waals surface area (Å²) in [5.41, 5.74) is 2.34. The first-order valence-corrected chi connectivity index (χ1v) is 10.4. The number of benzene rings is 2. The second-order valence-corrected chi connectivity index (χ2v) is 8.43. The number of anilines is 1. The molecule has 3 rings (SSSR count). The highest BCUT2D eigenvalue weighted by molar-refractivity contribution is 6.35. The van der Waals surface area contributed by atoms with Crippen LogP contribution in [0, 0.1) is 0 Å². The summed E-state index contributed by atoms with van der Waals surface area (Å²) in [6.45, 7) is 1.50. The first-order chi connectivity index (χ1) is 13.8. The van der Waals surface area contributed by atoms with Gasteiger partial charge in [-0.25, -0.2) is 0 Å². The molecular formula is C22H25Cl2N3O2. The van der Waals surface area contributed by atoms with Crippen molar-refractivity contribution < 1.29 is 9.59 Å². The summed E-state index contributed by atoms with van der Waals surface area (Å²) in [6, 6.07) is 12.1. The highest BCUT2D eigenvalue weighted by Gasteiger charge is 2.34. The number of hydrogen-bond donors (Lipinski definition) is 1. The third kappa shape index (κ3) is 5.72. The van der Waals surface area contributed by atoms with Crippen LogP contribution in [0.3, 0.4) is 0 Å². The average Bonchev–Trinajstić information content (AvgIpc) is 3.16. The van der Waals surface area contributed by atoms with Crippen LogP contribution in [-0.2, 0) is 11.2 Å². The van der Waals surface area contributed by atoms with Crippen LogP contribution in [0.5, 0.6) is 0 Å². The molecule has 1 aliphatic rings. The van der Waals surface area contributed by atoms with Gasteiger partial charge in [0.25, 0.3) is 5.91 Å². The summed E-state index contributed by atoms with van der Waals surface area (Å²) in [5, 5.41) is 3.74. The normalized spacial score (nSPS) is 16.3. The van der Waals surface area contributed by atoms with Gasteiger partial charge in [0, 0.05) is 34.4 Å². The third-order valence-corrected chi connectivity index (χ3v) is 5.43. The molecular weight excluding hydrogens is 409 g/mol. The monoisotopic (exact) mass is 433 g/mol. The van der Waals surface area contributed by atoms with E-state index in [1.165, 1.54) is 5.56 Å². The summed E-state index contributed by atoms with van der Waals surface area (Å²) in [5.74, 6) is -0.406. The molecule has 0 aliphatic carbocycles. The van der Waals surface area contributed by atoms with Crippen molar-refractivity contribution in [2.45, 2.75) is 25.3 Å². The Morgan fingerprint density at radius 1 is 1.10 bits per heavy atom. The SMILES string of the molecule is CN(C)CCc1ccc(NC(=O)C2CCCN2C(=O)c2cc(Cl)cc(Cl)c2)cc1. The van der Waals surface area contributed by atoms with Gasteiger partial charge in [0.15, 0.2) is 0 Å². The van der Waals surface area contributed by atoms with Crippen LogP contribution >= 0.6 is 23.2 Å². The number of likely N-dealkylation sites (N-methyl/N-ethyl adjacent to an activating group) is 1. The van der Waals surface area contributed by atoms with Gasteiger partial charge in [0.05, 0.1) is 0 Å². The van der Waals surface area contributed by atoms with Crippen molar-refractivity contribution in [3.63, 3.8) is 0 Å². The number of likely N-dealkylation sites (tertiary alicyclic amines) is 1. The molecule has 2 amide bonds. The Balaban J connectivity index is 1.66. The van der Waals surface area contributed by atoms with Gasteiger partial charge < -0.3 is 15.1 Å². The molecule has 1 atom stereocenters. The molecule has 2 aromatic carbocycles. The maximum Gasteiger partial charge on any atom is 0.254 e. The zero-order chi connectivity index (χ0) is 21.0. The Kier molecular flexibility index (Phi) is 7.17. The van der Waals surface area contributed by atoms with E-state index < -0.39 is 6.04 Å². The van der Waals surface area contributed by atoms with Gasteiger partial charge in [-0.15, -0.1) is 0 Å². The van der Waals surface area contributed by atoms with E-state index in [0.717, 1.165) is 25.1 Å². The minimum Gasteiger partial charge on any atom is -0.327 e. The van der Waals surface area contributed by atoms with Crippen LogP contribution < -0.4 is 5.32 Å². The maximum atomic E-state index is 12.9. The van der Waals surface area contributed by atoms with Gasteiger partial charge in [-0.3, -0.25) is 9.59 Å². The molecule has 1 fully saturated rings. The van der Waals surface area contributed by atoms with E-state index in [-0.39, 0.29) is 11.8 Å². The number of nitrogens with one attached hydrogen (secondary N) is 1. The second kappa shape index (κ2) is 9.61. The fourth-order valence-corrected chi connectivity index (χ4v) is 3.98. The highest BCUT2D eigenvalue weighted by atomic mass is 35.5. The van der Waals surface area contributed by atoms with Crippen LogP contribution in [0.2, 0.25) is 10.0 Å². The summed E-state index contributed by atoms with van der Waals surface area (Å²) in [4.78, 5) is 29.5. The van der Waals surface area contributed by atoms with E-state index in [0.29, 0.717) is 28.6 Å². The molecule has 0 radical (unpaired) electrons. The number of halogens is 2. The predicted molar refractivity (Wildman–Crippen MR) is 118 cm³/mol. The van der Waals surface area contributed by atoms with Crippen molar-refractivity contribution in [3.8, 4) is 0 Å². The number of amides is 2. The Hall–Kier alpha value is -2.08. The fourth-order valence-electron chi connectivity index (χ4n) is 3.46. The molecule has 1 N–H and O–H groups in total. The van der Waals surface area contributed by atoms with Crippen LogP contribution in [0.25, 0.3) is 0 Å². The number of nitrogens with zero attached hydrogens (tertiary/aromatic N) is 2. The molecule has 1 heterocycles. The van der Waals surface area contributed by atoms with Crippen LogP contribution in [0.15, 0.2) is 42.5 Å². The summed E-state index contributed by atoms with van der Waals surface area (Å²) >= 11 is 12.0. The predicted octanol–water partition coefficient (Wildman–Crippen LogP) is 4.34. The van der Waals surface area contributed by atoms with Crippen LogP contribution in [-0.4, -0.2) is 54.8 Å². The molecule has 1 saturated heterocycles. The van der Waals surface area contributed by atoms with Crippen molar-refractivity contribution in [3.05, 3.63) is 63.6 Å². The second-order valence-electron chi connectivity index (χ2n) is 7.55. The van der Waals surface area contributed by atoms with Gasteiger partial charge in [-0.1, -0.05) is 35.3 Å². The first kappa shape index (κ1) is 21.6. The Morgan fingerprint density at radius 2 is 1.76 bits per heavy atom. The van der Waals surface area contributed by atoms with Gasteiger partial charge in [0.1, 0.15) is 6.04 Å². The van der Waals surface area contributed by atoms with E-state index in [1.807, 2.05) is 38.4 Å². The van der Waals surface area contributed by atoms with Crippen molar-refractivity contribution in [1.29, 1.82) is 0 Å². The van der Waals surface area contributed by atoms with Gasteiger partial charge >= 0.3 is 0 Å². The standard InChI is InChI=1S/C22H25Cl2N3O2/c1-26(2)11-9-15-5-7-19(8-6-15)25-21(28)20-4-3-10-27(20)22(29)16-12-17(23)14-18(24)13-16/h5-8,12-14,20H,3-4,9-11H2,1-2H3,(H,25,28). The molecule has 1 unspecified atom stereocenters. The molecule has 1 aliphatic heterocycles. The summed E-state index contributed by atoms with van der Waals surface area (Å²) in [7, 11) is 4.08. The molecule has 154 valence electrons. The minimum atomic E-state index is -0.506. The van der Waals surface area contributed by atoms with Crippen molar-refractivity contribution in [1.82, 2.24) is 9.80 Å². The Morgan fingerprint density at radius 3 is 2.38 bits per heavy atom. The highest BCUT2D eigenvalue weighted by Crippen LogP contribution is 2.25. The van der Waals surface area contributed by atoms with E-state index in [2.05, 4.69) is 10.2 Å².